The molecule has 0 atom stereocenters. The number of nitrogens with zero attached hydrogens (tertiary/aromatic N) is 1. The molecular formula is C18H24N2. The number of aryl methyl sites for hydroxylation is 1. The molecule has 0 aliphatic heterocycles. The van der Waals surface area contributed by atoms with Gasteiger partial charge in [-0.05, 0) is 43.3 Å². The summed E-state index contributed by atoms with van der Waals surface area (Å²) in [6.45, 7) is 4.99. The van der Waals surface area contributed by atoms with Crippen LogP contribution in [-0.4, -0.2) is 19.0 Å². The van der Waals surface area contributed by atoms with Gasteiger partial charge in [0.2, 0.25) is 0 Å². The molecule has 0 aliphatic carbocycles. The Morgan fingerprint density at radius 1 is 0.800 bits per heavy atom. The van der Waals surface area contributed by atoms with Crippen molar-refractivity contribution in [1.29, 1.82) is 0 Å². The number of benzene rings is 2. The molecule has 106 valence electrons. The normalized spacial score (nSPS) is 11.0. The maximum Gasteiger partial charge on any atom is 0.0230 e. The smallest absolute Gasteiger partial charge is 0.0230 e. The van der Waals surface area contributed by atoms with E-state index in [1.807, 2.05) is 0 Å². The first-order valence-electron chi connectivity index (χ1n) is 7.13. The fraction of sp³-hybridized carbons (Fsp3) is 0.333. The third kappa shape index (κ3) is 4.19. The number of hydrogen-bond acceptors (Lipinski definition) is 2. The van der Waals surface area contributed by atoms with Crippen molar-refractivity contribution in [3.8, 4) is 0 Å². The molecule has 0 bridgehead atoms. The summed E-state index contributed by atoms with van der Waals surface area (Å²) in [6, 6.07) is 17.2. The lowest BCUT2D eigenvalue weighted by Crippen LogP contribution is -2.17. The Morgan fingerprint density at radius 3 is 2.00 bits per heavy atom. The maximum atomic E-state index is 3.55. The summed E-state index contributed by atoms with van der Waals surface area (Å²) in [5, 5.41) is 3.55. The lowest BCUT2D eigenvalue weighted by Gasteiger charge is -2.15. The monoisotopic (exact) mass is 268 g/mol. The summed E-state index contributed by atoms with van der Waals surface area (Å²) in [5.74, 6) is 0. The number of rotatable bonds is 6. The largest absolute Gasteiger partial charge is 0.309 e. The van der Waals surface area contributed by atoms with Gasteiger partial charge < -0.3 is 10.2 Å². The molecule has 2 rings (SSSR count). The van der Waals surface area contributed by atoms with Crippen molar-refractivity contribution >= 4 is 0 Å². The molecule has 0 aromatic heterocycles. The van der Waals surface area contributed by atoms with E-state index in [-0.39, 0.29) is 0 Å². The van der Waals surface area contributed by atoms with Gasteiger partial charge in [0.1, 0.15) is 0 Å². The molecule has 0 fully saturated rings. The Balaban J connectivity index is 1.96. The standard InChI is InChI=1S/C18H24N2/c1-15-8-4-5-9-16(15)12-19-13-17-10-6-7-11-18(17)14-20(2)3/h4-11,19H,12-14H2,1-3H3. The van der Waals surface area contributed by atoms with Crippen molar-refractivity contribution in [1.82, 2.24) is 10.2 Å². The van der Waals surface area contributed by atoms with Crippen molar-refractivity contribution in [3.05, 3.63) is 70.8 Å². The van der Waals surface area contributed by atoms with Gasteiger partial charge in [0.15, 0.2) is 0 Å². The second kappa shape index (κ2) is 7.22. The topological polar surface area (TPSA) is 15.3 Å². The van der Waals surface area contributed by atoms with E-state index in [0.717, 1.165) is 19.6 Å². The van der Waals surface area contributed by atoms with Gasteiger partial charge in [0.05, 0.1) is 0 Å². The highest BCUT2D eigenvalue weighted by Crippen LogP contribution is 2.11. The van der Waals surface area contributed by atoms with E-state index in [1.165, 1.54) is 22.3 Å². The van der Waals surface area contributed by atoms with E-state index in [1.54, 1.807) is 0 Å². The van der Waals surface area contributed by atoms with Crippen LogP contribution >= 0.6 is 0 Å². The van der Waals surface area contributed by atoms with Crippen LogP contribution in [0.25, 0.3) is 0 Å². The minimum absolute atomic E-state index is 0.915. The lowest BCUT2D eigenvalue weighted by molar-refractivity contribution is 0.400. The second-order valence-corrected chi connectivity index (χ2v) is 5.54. The average molecular weight is 268 g/mol. The quantitative estimate of drug-likeness (QED) is 0.864. The molecule has 20 heavy (non-hydrogen) atoms. The SMILES string of the molecule is Cc1ccccc1CNCc1ccccc1CN(C)C. The van der Waals surface area contributed by atoms with Crippen molar-refractivity contribution < 1.29 is 0 Å². The Kier molecular flexibility index (Phi) is 5.33. The van der Waals surface area contributed by atoms with E-state index in [0.29, 0.717) is 0 Å². The van der Waals surface area contributed by atoms with Crippen molar-refractivity contribution in [2.45, 2.75) is 26.6 Å². The Hall–Kier alpha value is -1.64. The molecule has 0 saturated heterocycles. The third-order valence-electron chi connectivity index (χ3n) is 3.50. The van der Waals surface area contributed by atoms with Gasteiger partial charge in [-0.3, -0.25) is 0 Å². The molecule has 0 aliphatic rings. The Labute approximate surface area is 122 Å². The average Bonchev–Trinajstić information content (AvgIpc) is 2.42. The molecular weight excluding hydrogens is 244 g/mol. The highest BCUT2D eigenvalue weighted by molar-refractivity contribution is 5.28. The van der Waals surface area contributed by atoms with E-state index in [4.69, 9.17) is 0 Å². The summed E-state index contributed by atoms with van der Waals surface area (Å²) >= 11 is 0. The van der Waals surface area contributed by atoms with Gasteiger partial charge in [0.25, 0.3) is 0 Å². The van der Waals surface area contributed by atoms with Crippen LogP contribution in [0.1, 0.15) is 22.3 Å². The minimum Gasteiger partial charge on any atom is -0.309 e. The Morgan fingerprint density at radius 2 is 1.35 bits per heavy atom. The lowest BCUT2D eigenvalue weighted by atomic mass is 10.1. The minimum atomic E-state index is 0.915. The predicted octanol–water partition coefficient (Wildman–Crippen LogP) is 3.35. The van der Waals surface area contributed by atoms with Crippen LogP contribution in [0.3, 0.4) is 0 Å². The zero-order valence-electron chi connectivity index (χ0n) is 12.7. The first-order chi connectivity index (χ1) is 9.66. The zero-order valence-corrected chi connectivity index (χ0v) is 12.7. The highest BCUT2D eigenvalue weighted by Gasteiger charge is 2.03. The zero-order chi connectivity index (χ0) is 14.4. The molecule has 0 saturated carbocycles. The summed E-state index contributed by atoms with van der Waals surface area (Å²) in [4.78, 5) is 2.21. The van der Waals surface area contributed by atoms with E-state index in [9.17, 15) is 0 Å². The van der Waals surface area contributed by atoms with Crippen molar-refractivity contribution in [3.63, 3.8) is 0 Å². The fourth-order valence-electron chi connectivity index (χ4n) is 2.37. The van der Waals surface area contributed by atoms with Crippen LogP contribution in [0.5, 0.6) is 0 Å². The van der Waals surface area contributed by atoms with Crippen LogP contribution in [-0.2, 0) is 19.6 Å². The highest BCUT2D eigenvalue weighted by atomic mass is 15.0. The first kappa shape index (κ1) is 14.8. The summed E-state index contributed by atoms with van der Waals surface area (Å²) < 4.78 is 0. The molecule has 0 heterocycles. The first-order valence-corrected chi connectivity index (χ1v) is 7.13. The molecule has 2 aromatic rings. The van der Waals surface area contributed by atoms with Gasteiger partial charge in [0, 0.05) is 19.6 Å². The molecule has 1 N–H and O–H groups in total. The van der Waals surface area contributed by atoms with E-state index < -0.39 is 0 Å². The summed E-state index contributed by atoms with van der Waals surface area (Å²) in [5.41, 5.74) is 5.50. The van der Waals surface area contributed by atoms with Crippen LogP contribution in [0, 0.1) is 6.92 Å². The van der Waals surface area contributed by atoms with Gasteiger partial charge in [-0.1, -0.05) is 48.5 Å². The van der Waals surface area contributed by atoms with Crippen LogP contribution in [0.4, 0.5) is 0 Å². The van der Waals surface area contributed by atoms with Gasteiger partial charge in [-0.2, -0.15) is 0 Å². The third-order valence-corrected chi connectivity index (χ3v) is 3.50. The van der Waals surface area contributed by atoms with Gasteiger partial charge in [-0.15, -0.1) is 0 Å². The van der Waals surface area contributed by atoms with E-state index in [2.05, 4.69) is 79.8 Å². The molecule has 2 aromatic carbocycles. The van der Waals surface area contributed by atoms with E-state index >= 15 is 0 Å². The van der Waals surface area contributed by atoms with Crippen molar-refractivity contribution in [2.75, 3.05) is 14.1 Å². The second-order valence-electron chi connectivity index (χ2n) is 5.54. The molecule has 0 spiro atoms. The summed E-state index contributed by atoms with van der Waals surface area (Å²) in [6.07, 6.45) is 0. The van der Waals surface area contributed by atoms with Gasteiger partial charge >= 0.3 is 0 Å². The van der Waals surface area contributed by atoms with Gasteiger partial charge in [-0.25, -0.2) is 0 Å². The molecule has 0 unspecified atom stereocenters. The molecule has 2 heteroatoms. The number of hydrogen-bond donors (Lipinski definition) is 1. The fourth-order valence-corrected chi connectivity index (χ4v) is 2.37. The molecule has 2 nitrogen and oxygen atoms in total. The van der Waals surface area contributed by atoms with Crippen molar-refractivity contribution in [2.24, 2.45) is 0 Å². The predicted molar refractivity (Wildman–Crippen MR) is 85.6 cm³/mol. The molecule has 0 radical (unpaired) electrons. The Bertz CT molecular complexity index is 547. The number of nitrogens with one attached hydrogen (secondary N) is 1. The van der Waals surface area contributed by atoms with Crippen LogP contribution in [0.2, 0.25) is 0 Å². The maximum absolute atomic E-state index is 3.55. The summed E-state index contributed by atoms with van der Waals surface area (Å²) in [7, 11) is 4.22. The van der Waals surface area contributed by atoms with Crippen LogP contribution in [0.15, 0.2) is 48.5 Å². The molecule has 0 amide bonds. The van der Waals surface area contributed by atoms with Crippen LogP contribution < -0.4 is 5.32 Å².